The molecule has 2 fully saturated rings. The van der Waals surface area contributed by atoms with E-state index in [9.17, 15) is 13.0 Å². The van der Waals surface area contributed by atoms with Crippen molar-refractivity contribution in [1.29, 1.82) is 0 Å². The fraction of sp³-hybridized carbons (Fsp3) is 0.302. The van der Waals surface area contributed by atoms with Crippen LogP contribution in [0.3, 0.4) is 0 Å². The van der Waals surface area contributed by atoms with E-state index in [-0.39, 0.29) is 43.0 Å². The van der Waals surface area contributed by atoms with E-state index in [1.807, 2.05) is 182 Å². The van der Waals surface area contributed by atoms with Crippen molar-refractivity contribution in [3.63, 3.8) is 0 Å². The van der Waals surface area contributed by atoms with E-state index in [2.05, 4.69) is 0 Å². The standard InChI is InChI=1S/C53H56O11S2/c54-66(55,56)64-50-47(63-53(62-36-45-29-17-6-18-30-45)52(61-35-44-27-15-5-16-28-44)51(50)60-34-43-25-13-4-14-26-43)39-65-38-46(58-32-41-21-9-2-10-22-41)49(59-33-42-23-11-3-12-24-42)48(65)37-57-31-40-19-7-1-8-20-40/h1-30,46-50,52-53H,31-39H2,(H,54,55,56)/t46-,47-,48-,49+,50-,52-,53-,65?/m1/s1. The van der Waals surface area contributed by atoms with Crippen molar-refractivity contribution in [3.05, 3.63) is 221 Å². The van der Waals surface area contributed by atoms with Crippen LogP contribution in [0, 0.1) is 6.10 Å². The minimum absolute atomic E-state index is 0.0529. The predicted molar refractivity (Wildman–Crippen MR) is 253 cm³/mol. The summed E-state index contributed by atoms with van der Waals surface area (Å²) in [6, 6.07) is 58.8. The van der Waals surface area contributed by atoms with Crippen LogP contribution in [0.2, 0.25) is 0 Å². The van der Waals surface area contributed by atoms with Gasteiger partial charge in [-0.1, -0.05) is 182 Å². The van der Waals surface area contributed by atoms with Gasteiger partial charge in [0.1, 0.15) is 29.8 Å². The summed E-state index contributed by atoms with van der Waals surface area (Å²) in [6.45, 7) is 1.73. The lowest BCUT2D eigenvalue weighted by molar-refractivity contribution is -0.283. The van der Waals surface area contributed by atoms with Crippen LogP contribution in [0.15, 0.2) is 182 Å². The Morgan fingerprint density at radius 3 is 1.44 bits per heavy atom. The van der Waals surface area contributed by atoms with E-state index < -0.39 is 52.0 Å². The second-order valence-corrected chi connectivity index (χ2v) is 19.6. The van der Waals surface area contributed by atoms with Gasteiger partial charge in [0.15, 0.2) is 11.5 Å². The van der Waals surface area contributed by atoms with Crippen LogP contribution in [0.25, 0.3) is 0 Å². The number of rotatable bonds is 23. The third-order valence-electron chi connectivity index (χ3n) is 11.4. The fourth-order valence-corrected chi connectivity index (χ4v) is 11.5. The summed E-state index contributed by atoms with van der Waals surface area (Å²) in [5.41, 5.74) is 5.66. The zero-order valence-corrected chi connectivity index (χ0v) is 38.2. The smallest absolute Gasteiger partial charge is 0.395 e. The van der Waals surface area contributed by atoms with Gasteiger partial charge in [-0.2, -0.15) is 8.42 Å². The van der Waals surface area contributed by atoms with Crippen molar-refractivity contribution in [3.8, 4) is 0 Å². The van der Waals surface area contributed by atoms with E-state index in [1.165, 1.54) is 0 Å². The van der Waals surface area contributed by atoms with Gasteiger partial charge in [0.25, 0.3) is 0 Å². The van der Waals surface area contributed by atoms with Crippen LogP contribution in [0.4, 0.5) is 0 Å². The quantitative estimate of drug-likeness (QED) is 0.0376. The molecule has 0 radical (unpaired) electrons. The molecule has 0 amide bonds. The van der Waals surface area contributed by atoms with Crippen LogP contribution >= 0.6 is 0 Å². The summed E-state index contributed by atoms with van der Waals surface area (Å²) in [6.07, 6.45) is -5.28. The first-order valence-electron chi connectivity index (χ1n) is 22.1. The van der Waals surface area contributed by atoms with Crippen molar-refractivity contribution in [2.45, 2.75) is 81.7 Å². The van der Waals surface area contributed by atoms with Crippen molar-refractivity contribution >= 4 is 21.3 Å². The molecular formula is C53H56O11S2. The molecule has 6 aromatic carbocycles. The minimum atomic E-state index is -5.08. The Balaban J connectivity index is 1.14. The molecular weight excluding hydrogens is 877 g/mol. The summed E-state index contributed by atoms with van der Waals surface area (Å²) in [5.74, 6) is 0.804. The van der Waals surface area contributed by atoms with E-state index in [4.69, 9.17) is 37.3 Å². The third-order valence-corrected chi connectivity index (χ3v) is 14.6. The van der Waals surface area contributed by atoms with Gasteiger partial charge in [0, 0.05) is 29.7 Å². The minimum Gasteiger partial charge on any atom is -0.540 e. The van der Waals surface area contributed by atoms with Gasteiger partial charge < -0.3 is 33.2 Å². The molecule has 8 rings (SSSR count). The molecule has 0 aromatic heterocycles. The van der Waals surface area contributed by atoms with Gasteiger partial charge in [-0.05, 0) is 33.4 Å². The second kappa shape index (κ2) is 24.3. The van der Waals surface area contributed by atoms with Crippen LogP contribution in [0.1, 0.15) is 33.4 Å². The Hall–Kier alpha value is -4.74. The Morgan fingerprint density at radius 1 is 0.530 bits per heavy atom. The average molecular weight is 933 g/mol. The van der Waals surface area contributed by atoms with Gasteiger partial charge in [-0.15, -0.1) is 6.10 Å². The zero-order valence-electron chi connectivity index (χ0n) is 36.6. The summed E-state index contributed by atoms with van der Waals surface area (Å²) >= 11 is 0. The van der Waals surface area contributed by atoms with Gasteiger partial charge >= 0.3 is 10.4 Å². The normalized spacial score (nSPS) is 23.5. The molecule has 2 saturated heterocycles. The van der Waals surface area contributed by atoms with E-state index >= 15 is 0 Å². The number of hydrogen-bond donors (Lipinski definition) is 1. The van der Waals surface area contributed by atoms with Gasteiger partial charge in [-0.3, -0.25) is 8.74 Å². The number of hydrogen-bond acceptors (Lipinski definition) is 10. The molecule has 13 heteroatoms. The van der Waals surface area contributed by atoms with E-state index in [0.29, 0.717) is 32.2 Å². The van der Waals surface area contributed by atoms with E-state index in [0.717, 1.165) is 33.4 Å². The lowest BCUT2D eigenvalue weighted by atomic mass is 9.99. The van der Waals surface area contributed by atoms with Crippen molar-refractivity contribution in [2.24, 2.45) is 0 Å². The molecule has 11 nitrogen and oxygen atoms in total. The lowest BCUT2D eigenvalue weighted by Gasteiger charge is -2.54. The first kappa shape index (κ1) is 47.7. The van der Waals surface area contributed by atoms with Crippen LogP contribution in [-0.4, -0.2) is 73.1 Å². The molecule has 66 heavy (non-hydrogen) atoms. The molecule has 1 N–H and O–H groups in total. The van der Waals surface area contributed by atoms with Crippen molar-refractivity contribution in [2.75, 3.05) is 18.1 Å². The Kier molecular flexibility index (Phi) is 17.6. The molecule has 2 heterocycles. The fourth-order valence-electron chi connectivity index (χ4n) is 8.09. The molecule has 1 unspecified atom stereocenters. The predicted octanol–water partition coefficient (Wildman–Crippen LogP) is 8.84. The molecule has 0 aliphatic carbocycles. The third kappa shape index (κ3) is 14.1. The maximum Gasteiger partial charge on any atom is 0.395 e. The molecule has 2 aliphatic rings. The van der Waals surface area contributed by atoms with Crippen molar-refractivity contribution in [1.82, 2.24) is 0 Å². The first-order chi connectivity index (χ1) is 32.3. The molecule has 2 aliphatic heterocycles. The largest absolute Gasteiger partial charge is 0.540 e. The molecule has 6 aromatic rings. The Labute approximate surface area is 391 Å². The lowest BCUT2D eigenvalue weighted by Crippen LogP contribution is -2.59. The molecule has 0 saturated carbocycles. The van der Waals surface area contributed by atoms with Crippen LogP contribution in [-0.2, 0) is 98.3 Å². The number of benzene rings is 6. The first-order valence-corrected chi connectivity index (χ1v) is 25.1. The SMILES string of the molecule is O=S(=O)(O)O[C@H]1[C-](OCc2ccccc2)[C@@H](OCc2ccccc2)[C@H](OCc2ccccc2)O[C@@H]1C[S+]1C[C@@H](OCc2ccccc2)[C@H](OCc2ccccc2)[C@H]1COCc1ccccc1. The highest BCUT2D eigenvalue weighted by Crippen LogP contribution is 2.40. The van der Waals surface area contributed by atoms with E-state index in [1.54, 1.807) is 0 Å². The van der Waals surface area contributed by atoms with Gasteiger partial charge in [0.05, 0.1) is 39.6 Å². The summed E-state index contributed by atoms with van der Waals surface area (Å²) in [7, 11) is -5.70. The maximum atomic E-state index is 12.9. The van der Waals surface area contributed by atoms with Crippen LogP contribution < -0.4 is 0 Å². The molecule has 0 bridgehead atoms. The number of ether oxygens (including phenoxy) is 7. The molecule has 0 spiro atoms. The summed E-state index contributed by atoms with van der Waals surface area (Å²) < 4.78 is 88.9. The monoisotopic (exact) mass is 932 g/mol. The van der Waals surface area contributed by atoms with Crippen molar-refractivity contribution < 1.29 is 50.3 Å². The topological polar surface area (TPSA) is 128 Å². The van der Waals surface area contributed by atoms with Gasteiger partial charge in [0.2, 0.25) is 0 Å². The highest BCUT2D eigenvalue weighted by Gasteiger charge is 2.55. The summed E-state index contributed by atoms with van der Waals surface area (Å²) in [4.78, 5) is 0. The molecule has 346 valence electrons. The highest BCUT2D eigenvalue weighted by molar-refractivity contribution is 7.97. The average Bonchev–Trinajstić information content (AvgIpc) is 3.67. The Bertz CT molecular complexity index is 2400. The maximum absolute atomic E-state index is 12.9. The molecule has 8 atom stereocenters. The van der Waals surface area contributed by atoms with Crippen LogP contribution in [0.5, 0.6) is 0 Å². The zero-order chi connectivity index (χ0) is 45.4. The second-order valence-electron chi connectivity index (χ2n) is 16.2. The highest BCUT2D eigenvalue weighted by atomic mass is 32.3. The van der Waals surface area contributed by atoms with Gasteiger partial charge in [-0.25, -0.2) is 0 Å². The summed E-state index contributed by atoms with van der Waals surface area (Å²) in [5, 5.41) is -0.224. The Morgan fingerprint density at radius 2 is 0.955 bits per heavy atom.